The molecule has 0 saturated carbocycles. The second kappa shape index (κ2) is 8.17. The normalized spacial score (nSPS) is 11.7. The zero-order valence-electron chi connectivity index (χ0n) is 14.0. The summed E-state index contributed by atoms with van der Waals surface area (Å²) in [5.74, 6) is 1.57. The number of hydrogen-bond acceptors (Lipinski definition) is 3. The first-order chi connectivity index (χ1) is 9.88. The highest BCUT2D eigenvalue weighted by atomic mass is 16.1. The number of carbonyl (C=O) groups excluding carboxylic acids is 1. The molecule has 1 aromatic rings. The van der Waals surface area contributed by atoms with Crippen molar-refractivity contribution in [2.45, 2.75) is 47.6 Å². The first kappa shape index (κ1) is 17.7. The molecule has 1 amide bonds. The van der Waals surface area contributed by atoms with Gasteiger partial charge in [0, 0.05) is 18.8 Å². The van der Waals surface area contributed by atoms with E-state index in [4.69, 9.17) is 5.73 Å². The lowest BCUT2D eigenvalue weighted by atomic mass is 9.85. The Hall–Kier alpha value is -1.36. The Bertz CT molecular complexity index is 443. The number of nitrogens with zero attached hydrogens (tertiary/aromatic N) is 2. The van der Waals surface area contributed by atoms with E-state index >= 15 is 0 Å². The van der Waals surface area contributed by atoms with E-state index in [1.807, 2.05) is 11.6 Å². The number of aryl methyl sites for hydroxylation is 1. The van der Waals surface area contributed by atoms with Crippen LogP contribution in [0.4, 0.5) is 0 Å². The lowest BCUT2D eigenvalue weighted by Crippen LogP contribution is -2.34. The van der Waals surface area contributed by atoms with Gasteiger partial charge in [0.25, 0.3) is 5.91 Å². The molecular formula is C16H30N4O. The van der Waals surface area contributed by atoms with Crippen molar-refractivity contribution in [2.24, 2.45) is 23.5 Å². The molecule has 0 fully saturated rings. The molecule has 5 nitrogen and oxygen atoms in total. The predicted molar refractivity (Wildman–Crippen MR) is 86.1 cm³/mol. The quantitative estimate of drug-likeness (QED) is 0.772. The molecule has 0 unspecified atom stereocenters. The van der Waals surface area contributed by atoms with E-state index in [0.717, 1.165) is 18.7 Å². The van der Waals surface area contributed by atoms with Crippen LogP contribution in [0.3, 0.4) is 0 Å². The number of nitrogens with two attached hydrogens (primary N) is 1. The van der Waals surface area contributed by atoms with E-state index in [1.165, 1.54) is 0 Å². The summed E-state index contributed by atoms with van der Waals surface area (Å²) in [4.78, 5) is 12.3. The molecule has 0 aromatic carbocycles. The fourth-order valence-electron chi connectivity index (χ4n) is 2.68. The Labute approximate surface area is 128 Å². The van der Waals surface area contributed by atoms with E-state index in [9.17, 15) is 4.79 Å². The molecule has 3 N–H and O–H groups in total. The van der Waals surface area contributed by atoms with Crippen LogP contribution in [-0.4, -0.2) is 28.8 Å². The molecule has 1 rings (SSSR count). The van der Waals surface area contributed by atoms with E-state index in [0.29, 0.717) is 36.4 Å². The summed E-state index contributed by atoms with van der Waals surface area (Å²) in [7, 11) is 0. The van der Waals surface area contributed by atoms with Crippen molar-refractivity contribution in [1.82, 2.24) is 15.1 Å². The Morgan fingerprint density at radius 3 is 2.48 bits per heavy atom. The molecule has 0 aliphatic rings. The van der Waals surface area contributed by atoms with Crippen LogP contribution in [0.15, 0.2) is 6.20 Å². The number of amides is 1. The zero-order chi connectivity index (χ0) is 16.0. The molecular weight excluding hydrogens is 264 g/mol. The smallest absolute Gasteiger partial charge is 0.254 e. The van der Waals surface area contributed by atoms with E-state index in [1.54, 1.807) is 6.20 Å². The minimum Gasteiger partial charge on any atom is -0.352 e. The molecule has 0 saturated heterocycles. The van der Waals surface area contributed by atoms with Crippen LogP contribution >= 0.6 is 0 Å². The third-order valence-electron chi connectivity index (χ3n) is 4.13. The van der Waals surface area contributed by atoms with Crippen molar-refractivity contribution < 1.29 is 4.79 Å². The van der Waals surface area contributed by atoms with Gasteiger partial charge in [-0.1, -0.05) is 27.7 Å². The van der Waals surface area contributed by atoms with Crippen LogP contribution < -0.4 is 11.1 Å². The summed E-state index contributed by atoms with van der Waals surface area (Å²) in [5.41, 5.74) is 7.08. The standard InChI is InChI=1S/C16H30N4O/c1-11(2)14(12(3)4)9-18-16(21)15-10-19-20(13(15)5)8-6-7-17/h10-12,14H,6-9,17H2,1-5H3,(H,18,21). The summed E-state index contributed by atoms with van der Waals surface area (Å²) in [5, 5.41) is 7.33. The third kappa shape index (κ3) is 4.84. The fraction of sp³-hybridized carbons (Fsp3) is 0.750. The largest absolute Gasteiger partial charge is 0.352 e. The minimum absolute atomic E-state index is 0.0298. The second-order valence-corrected chi connectivity index (χ2v) is 6.37. The van der Waals surface area contributed by atoms with Crippen LogP contribution in [0.1, 0.15) is 50.2 Å². The van der Waals surface area contributed by atoms with Gasteiger partial charge in [0.2, 0.25) is 0 Å². The highest BCUT2D eigenvalue weighted by molar-refractivity contribution is 5.95. The number of nitrogens with one attached hydrogen (secondary N) is 1. The van der Waals surface area contributed by atoms with Gasteiger partial charge in [-0.05, 0) is 37.6 Å². The molecule has 0 radical (unpaired) electrons. The van der Waals surface area contributed by atoms with Gasteiger partial charge in [-0.25, -0.2) is 0 Å². The maximum atomic E-state index is 12.3. The van der Waals surface area contributed by atoms with Crippen molar-refractivity contribution >= 4 is 5.91 Å². The van der Waals surface area contributed by atoms with Crippen LogP contribution in [0.5, 0.6) is 0 Å². The average molecular weight is 294 g/mol. The Balaban J connectivity index is 2.65. The molecule has 1 heterocycles. The van der Waals surface area contributed by atoms with Gasteiger partial charge in [0.1, 0.15) is 0 Å². The highest BCUT2D eigenvalue weighted by Gasteiger charge is 2.20. The second-order valence-electron chi connectivity index (χ2n) is 6.37. The van der Waals surface area contributed by atoms with Gasteiger partial charge >= 0.3 is 0 Å². The summed E-state index contributed by atoms with van der Waals surface area (Å²) in [6, 6.07) is 0. The molecule has 120 valence electrons. The topological polar surface area (TPSA) is 72.9 Å². The summed E-state index contributed by atoms with van der Waals surface area (Å²) in [6.07, 6.45) is 2.52. The van der Waals surface area contributed by atoms with Gasteiger partial charge in [0.15, 0.2) is 0 Å². The minimum atomic E-state index is -0.0298. The van der Waals surface area contributed by atoms with Crippen molar-refractivity contribution in [1.29, 1.82) is 0 Å². The van der Waals surface area contributed by atoms with Crippen molar-refractivity contribution in [3.8, 4) is 0 Å². The summed E-state index contributed by atoms with van der Waals surface area (Å²) < 4.78 is 1.85. The van der Waals surface area contributed by atoms with Crippen LogP contribution in [-0.2, 0) is 6.54 Å². The van der Waals surface area contributed by atoms with Crippen LogP contribution in [0.25, 0.3) is 0 Å². The number of carbonyl (C=O) groups is 1. The number of hydrogen-bond donors (Lipinski definition) is 2. The molecule has 21 heavy (non-hydrogen) atoms. The Kier molecular flexibility index (Phi) is 6.89. The molecule has 0 aliphatic heterocycles. The van der Waals surface area contributed by atoms with E-state index in [-0.39, 0.29) is 5.91 Å². The average Bonchev–Trinajstić information content (AvgIpc) is 2.77. The van der Waals surface area contributed by atoms with Crippen molar-refractivity contribution in [3.63, 3.8) is 0 Å². The third-order valence-corrected chi connectivity index (χ3v) is 4.13. The predicted octanol–water partition coefficient (Wildman–Crippen LogP) is 2.20. The Morgan fingerprint density at radius 1 is 1.33 bits per heavy atom. The van der Waals surface area contributed by atoms with Crippen molar-refractivity contribution in [2.75, 3.05) is 13.1 Å². The summed E-state index contributed by atoms with van der Waals surface area (Å²) >= 11 is 0. The van der Waals surface area contributed by atoms with Crippen molar-refractivity contribution in [3.05, 3.63) is 17.5 Å². The fourth-order valence-corrected chi connectivity index (χ4v) is 2.68. The maximum absolute atomic E-state index is 12.3. The van der Waals surface area contributed by atoms with E-state index in [2.05, 4.69) is 38.1 Å². The first-order valence-electron chi connectivity index (χ1n) is 7.89. The SMILES string of the molecule is Cc1c(C(=O)NCC(C(C)C)C(C)C)cnn1CCCN. The van der Waals surface area contributed by atoms with E-state index < -0.39 is 0 Å². The van der Waals surface area contributed by atoms with Gasteiger partial charge in [-0.2, -0.15) is 5.10 Å². The first-order valence-corrected chi connectivity index (χ1v) is 7.89. The molecule has 1 aromatic heterocycles. The zero-order valence-corrected chi connectivity index (χ0v) is 14.0. The molecule has 0 atom stereocenters. The molecule has 0 aliphatic carbocycles. The highest BCUT2D eigenvalue weighted by Crippen LogP contribution is 2.19. The lowest BCUT2D eigenvalue weighted by molar-refractivity contribution is 0.0936. The number of rotatable bonds is 8. The lowest BCUT2D eigenvalue weighted by Gasteiger charge is -2.25. The monoisotopic (exact) mass is 294 g/mol. The molecule has 0 spiro atoms. The summed E-state index contributed by atoms with van der Waals surface area (Å²) in [6.45, 7) is 12.8. The van der Waals surface area contributed by atoms with Crippen LogP contribution in [0.2, 0.25) is 0 Å². The molecule has 5 heteroatoms. The Morgan fingerprint density at radius 2 is 1.95 bits per heavy atom. The van der Waals surface area contributed by atoms with Gasteiger partial charge in [-0.15, -0.1) is 0 Å². The number of aromatic nitrogens is 2. The molecule has 0 bridgehead atoms. The van der Waals surface area contributed by atoms with Gasteiger partial charge in [-0.3, -0.25) is 9.48 Å². The van der Waals surface area contributed by atoms with Gasteiger partial charge < -0.3 is 11.1 Å². The van der Waals surface area contributed by atoms with Crippen LogP contribution in [0, 0.1) is 24.7 Å². The van der Waals surface area contributed by atoms with Gasteiger partial charge in [0.05, 0.1) is 11.8 Å². The maximum Gasteiger partial charge on any atom is 0.254 e.